The van der Waals surface area contributed by atoms with Crippen LogP contribution in [0.3, 0.4) is 0 Å². The first-order valence-electron chi connectivity index (χ1n) is 9.05. The number of nitrogens with one attached hydrogen (secondary N) is 2. The minimum absolute atomic E-state index is 0.00905. The molecule has 1 amide bonds. The molecule has 0 aromatic heterocycles. The van der Waals surface area contributed by atoms with Crippen LogP contribution in [0.25, 0.3) is 0 Å². The van der Waals surface area contributed by atoms with E-state index in [0.717, 1.165) is 49.6 Å². The number of benzene rings is 1. The van der Waals surface area contributed by atoms with Gasteiger partial charge in [-0.3, -0.25) is 4.79 Å². The summed E-state index contributed by atoms with van der Waals surface area (Å²) in [6.45, 7) is 6.57. The Kier molecular flexibility index (Phi) is 7.50. The van der Waals surface area contributed by atoms with Crippen LogP contribution in [0.5, 0.6) is 0 Å². The van der Waals surface area contributed by atoms with Gasteiger partial charge in [-0.2, -0.15) is 0 Å². The quantitative estimate of drug-likeness (QED) is 0.594. The zero-order chi connectivity index (χ0) is 17.4. The van der Waals surface area contributed by atoms with Crippen molar-refractivity contribution in [3.8, 4) is 0 Å². The highest BCUT2D eigenvalue weighted by molar-refractivity contribution is 7.80. The van der Waals surface area contributed by atoms with Crippen LogP contribution in [0.4, 0.5) is 11.4 Å². The average molecular weight is 348 g/mol. The third kappa shape index (κ3) is 5.78. The first-order chi connectivity index (χ1) is 11.6. The molecule has 0 spiro atoms. The molecule has 1 aliphatic heterocycles. The Morgan fingerprint density at radius 2 is 1.96 bits per heavy atom. The molecule has 5 heteroatoms. The van der Waals surface area contributed by atoms with Gasteiger partial charge >= 0.3 is 0 Å². The van der Waals surface area contributed by atoms with Crippen LogP contribution in [0.2, 0.25) is 0 Å². The standard InChI is InChI=1S/C19H29N3OS/c1-3-4-5-10-18(23)21-19(24)20-16-8-6-7-9-17(16)22-13-11-15(2)12-14-22/h6-9,15H,3-5,10-14H2,1-2H3,(H2,20,21,23,24). The molecule has 1 fully saturated rings. The second-order valence-electron chi connectivity index (χ2n) is 6.65. The molecule has 0 radical (unpaired) electrons. The molecule has 1 aliphatic rings. The maximum atomic E-state index is 11.9. The van der Waals surface area contributed by atoms with E-state index in [1.807, 2.05) is 18.2 Å². The number of nitrogens with zero attached hydrogens (tertiary/aromatic N) is 1. The van der Waals surface area contributed by atoms with E-state index in [1.54, 1.807) is 0 Å². The molecule has 4 nitrogen and oxygen atoms in total. The lowest BCUT2D eigenvalue weighted by atomic mass is 9.98. The minimum Gasteiger partial charge on any atom is -0.370 e. The third-order valence-corrected chi connectivity index (χ3v) is 4.74. The summed E-state index contributed by atoms with van der Waals surface area (Å²) in [6.07, 6.45) is 6.05. The highest BCUT2D eigenvalue weighted by Crippen LogP contribution is 2.29. The number of unbranched alkanes of at least 4 members (excludes halogenated alkanes) is 2. The van der Waals surface area contributed by atoms with Crippen LogP contribution in [-0.4, -0.2) is 24.1 Å². The molecule has 0 saturated carbocycles. The van der Waals surface area contributed by atoms with E-state index in [1.165, 1.54) is 12.8 Å². The SMILES string of the molecule is CCCCCC(=O)NC(=S)Nc1ccccc1N1CCC(C)CC1. The number of carbonyl (C=O) groups excluding carboxylic acids is 1. The molecule has 0 bridgehead atoms. The van der Waals surface area contributed by atoms with Gasteiger partial charge in [-0.25, -0.2) is 0 Å². The summed E-state index contributed by atoms with van der Waals surface area (Å²) in [5.74, 6) is 0.787. The largest absolute Gasteiger partial charge is 0.370 e. The molecule has 132 valence electrons. The minimum atomic E-state index is -0.00905. The van der Waals surface area contributed by atoms with Gasteiger partial charge in [-0.05, 0) is 49.5 Å². The predicted molar refractivity (Wildman–Crippen MR) is 106 cm³/mol. The van der Waals surface area contributed by atoms with Crippen molar-refractivity contribution in [1.29, 1.82) is 0 Å². The Morgan fingerprint density at radius 1 is 1.25 bits per heavy atom. The molecule has 1 saturated heterocycles. The molecule has 2 rings (SSSR count). The van der Waals surface area contributed by atoms with Gasteiger partial charge in [0.2, 0.25) is 5.91 Å². The van der Waals surface area contributed by atoms with Crippen LogP contribution in [0.1, 0.15) is 52.4 Å². The maximum absolute atomic E-state index is 11.9. The molecule has 2 N–H and O–H groups in total. The van der Waals surface area contributed by atoms with Crippen molar-refractivity contribution < 1.29 is 4.79 Å². The Morgan fingerprint density at radius 3 is 2.67 bits per heavy atom. The number of hydrogen-bond acceptors (Lipinski definition) is 3. The van der Waals surface area contributed by atoms with E-state index in [0.29, 0.717) is 11.5 Å². The molecule has 24 heavy (non-hydrogen) atoms. The third-order valence-electron chi connectivity index (χ3n) is 4.54. The smallest absolute Gasteiger partial charge is 0.226 e. The van der Waals surface area contributed by atoms with E-state index in [4.69, 9.17) is 12.2 Å². The van der Waals surface area contributed by atoms with Crippen LogP contribution in [0.15, 0.2) is 24.3 Å². The van der Waals surface area contributed by atoms with E-state index in [2.05, 4.69) is 35.4 Å². The molecule has 1 aromatic rings. The summed E-state index contributed by atoms with van der Waals surface area (Å²) in [6, 6.07) is 8.17. The zero-order valence-corrected chi connectivity index (χ0v) is 15.6. The first-order valence-corrected chi connectivity index (χ1v) is 9.45. The van der Waals surface area contributed by atoms with Crippen molar-refractivity contribution in [3.05, 3.63) is 24.3 Å². The lowest BCUT2D eigenvalue weighted by Gasteiger charge is -2.33. The van der Waals surface area contributed by atoms with Crippen molar-refractivity contribution in [1.82, 2.24) is 5.32 Å². The molecular weight excluding hydrogens is 318 g/mol. The maximum Gasteiger partial charge on any atom is 0.226 e. The summed E-state index contributed by atoms with van der Waals surface area (Å²) in [5.41, 5.74) is 2.12. The number of carbonyl (C=O) groups is 1. The average Bonchev–Trinajstić information content (AvgIpc) is 2.56. The monoisotopic (exact) mass is 347 g/mol. The van der Waals surface area contributed by atoms with Gasteiger partial charge in [-0.1, -0.05) is 38.8 Å². The van der Waals surface area contributed by atoms with Crippen LogP contribution < -0.4 is 15.5 Å². The number of para-hydroxylation sites is 2. The topological polar surface area (TPSA) is 44.4 Å². The molecule has 0 aliphatic carbocycles. The van der Waals surface area contributed by atoms with Crippen molar-refractivity contribution in [2.24, 2.45) is 5.92 Å². The fourth-order valence-electron chi connectivity index (χ4n) is 2.98. The van der Waals surface area contributed by atoms with Gasteiger partial charge in [0.15, 0.2) is 5.11 Å². The number of amides is 1. The fraction of sp³-hybridized carbons (Fsp3) is 0.579. The van der Waals surface area contributed by atoms with Gasteiger partial charge in [-0.15, -0.1) is 0 Å². The molecule has 1 aromatic carbocycles. The summed E-state index contributed by atoms with van der Waals surface area (Å²) >= 11 is 5.31. The van der Waals surface area contributed by atoms with Crippen molar-refractivity contribution >= 4 is 34.6 Å². The normalized spacial score (nSPS) is 15.2. The van der Waals surface area contributed by atoms with E-state index < -0.39 is 0 Å². The van der Waals surface area contributed by atoms with E-state index in [-0.39, 0.29) is 5.91 Å². The summed E-state index contributed by atoms with van der Waals surface area (Å²) in [5, 5.41) is 6.37. The van der Waals surface area contributed by atoms with Gasteiger partial charge in [0.25, 0.3) is 0 Å². The van der Waals surface area contributed by atoms with Crippen LogP contribution >= 0.6 is 12.2 Å². The molecular formula is C19H29N3OS. The lowest BCUT2D eigenvalue weighted by Crippen LogP contribution is -2.36. The zero-order valence-electron chi connectivity index (χ0n) is 14.8. The Bertz CT molecular complexity index is 553. The lowest BCUT2D eigenvalue weighted by molar-refractivity contribution is -0.119. The van der Waals surface area contributed by atoms with Crippen molar-refractivity contribution in [2.45, 2.75) is 52.4 Å². The Hall–Kier alpha value is -1.62. The summed E-state index contributed by atoms with van der Waals surface area (Å²) in [7, 11) is 0. The molecule has 1 heterocycles. The van der Waals surface area contributed by atoms with Gasteiger partial charge in [0.05, 0.1) is 11.4 Å². The van der Waals surface area contributed by atoms with Gasteiger partial charge in [0, 0.05) is 19.5 Å². The molecule has 0 atom stereocenters. The summed E-state index contributed by atoms with van der Waals surface area (Å²) in [4.78, 5) is 14.3. The van der Waals surface area contributed by atoms with Crippen molar-refractivity contribution in [2.75, 3.05) is 23.3 Å². The van der Waals surface area contributed by atoms with E-state index in [9.17, 15) is 4.79 Å². The first kappa shape index (κ1) is 18.7. The molecule has 0 unspecified atom stereocenters. The number of hydrogen-bond donors (Lipinski definition) is 2. The summed E-state index contributed by atoms with van der Waals surface area (Å²) < 4.78 is 0. The predicted octanol–water partition coefficient (Wildman–Crippen LogP) is 4.32. The van der Waals surface area contributed by atoms with Crippen LogP contribution in [0, 0.1) is 5.92 Å². The number of thiocarbonyl (C=S) groups is 1. The fourth-order valence-corrected chi connectivity index (χ4v) is 3.21. The Balaban J connectivity index is 1.92. The second-order valence-corrected chi connectivity index (χ2v) is 7.05. The number of piperidine rings is 1. The highest BCUT2D eigenvalue weighted by Gasteiger charge is 2.18. The van der Waals surface area contributed by atoms with E-state index >= 15 is 0 Å². The number of rotatable bonds is 6. The second kappa shape index (κ2) is 9.62. The Labute approximate surface area is 151 Å². The van der Waals surface area contributed by atoms with Gasteiger partial charge < -0.3 is 15.5 Å². The van der Waals surface area contributed by atoms with Crippen LogP contribution in [-0.2, 0) is 4.79 Å². The van der Waals surface area contributed by atoms with Crippen molar-refractivity contribution in [3.63, 3.8) is 0 Å². The highest BCUT2D eigenvalue weighted by atomic mass is 32.1. The number of anilines is 2. The van der Waals surface area contributed by atoms with Gasteiger partial charge in [0.1, 0.15) is 0 Å².